The largest absolute Gasteiger partial charge is 0.491 e. The van der Waals surface area contributed by atoms with E-state index >= 15 is 0 Å². The van der Waals surface area contributed by atoms with E-state index in [1.165, 1.54) is 5.01 Å². The van der Waals surface area contributed by atoms with E-state index in [2.05, 4.69) is 10.4 Å². The first kappa shape index (κ1) is 28.1. The zero-order chi connectivity index (χ0) is 29.2. The third-order valence-corrected chi connectivity index (χ3v) is 7.39. The Hall–Kier alpha value is -4.40. The Labute approximate surface area is 240 Å². The second kappa shape index (κ2) is 11.2. The zero-order valence-electron chi connectivity index (χ0n) is 23.9. The van der Waals surface area contributed by atoms with Gasteiger partial charge in [0.2, 0.25) is 5.91 Å². The topological polar surface area (TPSA) is 101 Å². The van der Waals surface area contributed by atoms with Crippen molar-refractivity contribution in [3.05, 3.63) is 78.4 Å². The maximum Gasteiger partial charge on any atom is 0.408 e. The normalized spacial score (nSPS) is 19.4. The van der Waals surface area contributed by atoms with Crippen LogP contribution in [-0.2, 0) is 20.7 Å². The van der Waals surface area contributed by atoms with Gasteiger partial charge < -0.3 is 19.7 Å². The van der Waals surface area contributed by atoms with Crippen molar-refractivity contribution in [2.24, 2.45) is 10.5 Å². The summed E-state index contributed by atoms with van der Waals surface area (Å²) in [5.74, 6) is 0.0945. The monoisotopic (exact) mass is 556 g/mol. The van der Waals surface area contributed by atoms with Gasteiger partial charge >= 0.3 is 6.09 Å². The van der Waals surface area contributed by atoms with Gasteiger partial charge in [-0.1, -0.05) is 60.7 Å². The summed E-state index contributed by atoms with van der Waals surface area (Å²) >= 11 is 0. The van der Waals surface area contributed by atoms with Crippen molar-refractivity contribution in [2.45, 2.75) is 45.3 Å². The van der Waals surface area contributed by atoms with Crippen LogP contribution >= 0.6 is 0 Å². The average Bonchev–Trinajstić information content (AvgIpc) is 3.18. The van der Waals surface area contributed by atoms with Crippen molar-refractivity contribution in [1.82, 2.24) is 15.2 Å². The number of carbonyl (C=O) groups is 3. The van der Waals surface area contributed by atoms with E-state index in [9.17, 15) is 14.4 Å². The lowest BCUT2D eigenvalue weighted by atomic mass is 9.73. The van der Waals surface area contributed by atoms with Crippen molar-refractivity contribution in [2.75, 3.05) is 26.7 Å². The molecule has 41 heavy (non-hydrogen) atoms. The van der Waals surface area contributed by atoms with Crippen LogP contribution in [-0.4, -0.2) is 71.9 Å². The molecule has 214 valence electrons. The van der Waals surface area contributed by atoms with E-state index < -0.39 is 23.2 Å². The molecule has 3 amide bonds. The first-order valence-corrected chi connectivity index (χ1v) is 13.8. The second-order valence-electron chi connectivity index (χ2n) is 11.6. The second-order valence-corrected chi connectivity index (χ2v) is 11.6. The highest BCUT2D eigenvalue weighted by atomic mass is 16.6. The molecule has 1 saturated heterocycles. The smallest absolute Gasteiger partial charge is 0.408 e. The minimum Gasteiger partial charge on any atom is -0.491 e. The van der Waals surface area contributed by atoms with E-state index in [1.807, 2.05) is 72.8 Å². The van der Waals surface area contributed by atoms with E-state index in [0.717, 1.165) is 22.0 Å². The van der Waals surface area contributed by atoms with Gasteiger partial charge in [0.05, 0.1) is 5.71 Å². The number of amides is 3. The summed E-state index contributed by atoms with van der Waals surface area (Å²) in [6.07, 6.45) is 0.171. The van der Waals surface area contributed by atoms with E-state index in [4.69, 9.17) is 9.47 Å². The molecular formula is C32H36N4O5. The number of nitrogens with one attached hydrogen (secondary N) is 1. The molecule has 1 N–H and O–H groups in total. The lowest BCUT2D eigenvalue weighted by molar-refractivity contribution is -0.141. The Morgan fingerprint density at radius 2 is 1.73 bits per heavy atom. The van der Waals surface area contributed by atoms with Crippen LogP contribution < -0.4 is 10.1 Å². The molecule has 0 radical (unpaired) electrons. The van der Waals surface area contributed by atoms with Crippen LogP contribution in [0.5, 0.6) is 5.75 Å². The van der Waals surface area contributed by atoms with Crippen molar-refractivity contribution in [3.8, 4) is 5.75 Å². The number of fused-ring (bicyclic) bond motifs is 2. The lowest BCUT2D eigenvalue weighted by Gasteiger charge is -2.40. The Morgan fingerprint density at radius 3 is 2.46 bits per heavy atom. The van der Waals surface area contributed by atoms with Crippen LogP contribution in [0.25, 0.3) is 10.8 Å². The number of nitrogens with zero attached hydrogens (tertiary/aromatic N) is 3. The Kier molecular flexibility index (Phi) is 7.71. The highest BCUT2D eigenvalue weighted by Gasteiger charge is 2.54. The number of hydrogen-bond donors (Lipinski definition) is 1. The molecule has 3 aromatic carbocycles. The summed E-state index contributed by atoms with van der Waals surface area (Å²) in [5.41, 5.74) is 0.0661. The molecule has 2 atom stereocenters. The van der Waals surface area contributed by atoms with Crippen LogP contribution in [0.3, 0.4) is 0 Å². The number of likely N-dealkylation sites (tertiary alicyclic amines) is 1. The fourth-order valence-corrected chi connectivity index (χ4v) is 5.50. The molecule has 2 heterocycles. The van der Waals surface area contributed by atoms with Gasteiger partial charge in [-0.05, 0) is 55.7 Å². The summed E-state index contributed by atoms with van der Waals surface area (Å²) in [4.78, 5) is 42.0. The standard InChI is InChI=1S/C32H36N4O5/c1-31(2,3)41-30(39)33-26(20-40-25-15-14-23-12-8-9-13-24(23)18-25)28(37)36-17-16-27-32(21-36,29(38)35(4)34-27)19-22-10-6-5-7-11-22/h5-15,18,26H,16-17,19-21H2,1-4H3,(H,33,39)/t26?,32-/m1/s1. The number of ether oxygens (including phenoxy) is 2. The number of alkyl carbamates (subject to hydrolysis) is 1. The number of hydrogen-bond acceptors (Lipinski definition) is 6. The molecule has 2 aliphatic heterocycles. The van der Waals surface area contributed by atoms with Gasteiger partial charge in [-0.15, -0.1) is 0 Å². The molecule has 0 spiro atoms. The first-order chi connectivity index (χ1) is 19.5. The molecule has 9 nitrogen and oxygen atoms in total. The van der Waals surface area contributed by atoms with Crippen LogP contribution in [0, 0.1) is 5.41 Å². The third kappa shape index (κ3) is 6.19. The lowest BCUT2D eigenvalue weighted by Crippen LogP contribution is -2.60. The van der Waals surface area contributed by atoms with Crippen LogP contribution in [0.2, 0.25) is 0 Å². The van der Waals surface area contributed by atoms with Gasteiger partial charge in [-0.25, -0.2) is 9.80 Å². The minimum atomic E-state index is -1.03. The van der Waals surface area contributed by atoms with Crippen molar-refractivity contribution in [3.63, 3.8) is 0 Å². The predicted octanol–water partition coefficient (Wildman–Crippen LogP) is 4.40. The minimum absolute atomic E-state index is 0.104. The maximum absolute atomic E-state index is 14.0. The molecule has 5 rings (SSSR count). The van der Waals surface area contributed by atoms with Crippen LogP contribution in [0.4, 0.5) is 4.79 Å². The number of benzene rings is 3. The molecule has 0 bridgehead atoms. The Bertz CT molecular complexity index is 1480. The number of piperidine rings is 1. The maximum atomic E-state index is 14.0. The van der Waals surface area contributed by atoms with E-state index in [0.29, 0.717) is 25.1 Å². The summed E-state index contributed by atoms with van der Waals surface area (Å²) < 4.78 is 11.5. The molecule has 0 saturated carbocycles. The molecule has 2 aliphatic rings. The van der Waals surface area contributed by atoms with Crippen LogP contribution in [0.15, 0.2) is 77.9 Å². The van der Waals surface area contributed by atoms with Crippen molar-refractivity contribution >= 4 is 34.4 Å². The predicted molar refractivity (Wildman–Crippen MR) is 157 cm³/mol. The molecule has 3 aromatic rings. The fourth-order valence-electron chi connectivity index (χ4n) is 5.50. The zero-order valence-corrected chi connectivity index (χ0v) is 23.9. The Balaban J connectivity index is 1.38. The quantitative estimate of drug-likeness (QED) is 0.465. The molecule has 1 unspecified atom stereocenters. The van der Waals surface area contributed by atoms with E-state index in [-0.39, 0.29) is 25.0 Å². The summed E-state index contributed by atoms with van der Waals surface area (Å²) in [5, 5.41) is 10.7. The van der Waals surface area contributed by atoms with Crippen molar-refractivity contribution in [1.29, 1.82) is 0 Å². The van der Waals surface area contributed by atoms with Gasteiger partial charge in [-0.2, -0.15) is 5.10 Å². The van der Waals surface area contributed by atoms with Gasteiger partial charge in [0.1, 0.15) is 29.4 Å². The summed E-state index contributed by atoms with van der Waals surface area (Å²) in [6, 6.07) is 22.3. The number of rotatable bonds is 7. The molecule has 9 heteroatoms. The van der Waals surface area contributed by atoms with E-state index in [1.54, 1.807) is 32.7 Å². The third-order valence-electron chi connectivity index (χ3n) is 7.39. The first-order valence-electron chi connectivity index (χ1n) is 13.8. The number of hydrazone groups is 1. The highest BCUT2D eigenvalue weighted by Crippen LogP contribution is 2.38. The highest BCUT2D eigenvalue weighted by molar-refractivity contribution is 6.13. The van der Waals surface area contributed by atoms with Crippen molar-refractivity contribution < 1.29 is 23.9 Å². The fraction of sp³-hybridized carbons (Fsp3) is 0.375. The van der Waals surface area contributed by atoms with Gasteiger partial charge in [0.25, 0.3) is 5.91 Å². The van der Waals surface area contributed by atoms with Crippen LogP contribution in [0.1, 0.15) is 32.8 Å². The Morgan fingerprint density at radius 1 is 1.02 bits per heavy atom. The summed E-state index contributed by atoms with van der Waals surface area (Å²) in [7, 11) is 1.65. The molecule has 0 aromatic heterocycles. The molecule has 0 aliphatic carbocycles. The molecular weight excluding hydrogens is 520 g/mol. The number of carbonyl (C=O) groups excluding carboxylic acids is 3. The SMILES string of the molecule is CN1N=C2CCN(C(=O)C(COc3ccc4ccccc4c3)NC(=O)OC(C)(C)C)C[C@@]2(Cc2ccccc2)C1=O. The molecule has 1 fully saturated rings. The van der Waals surface area contributed by atoms with Gasteiger partial charge in [0.15, 0.2) is 0 Å². The summed E-state index contributed by atoms with van der Waals surface area (Å²) in [6.45, 7) is 5.71. The average molecular weight is 557 g/mol. The van der Waals surface area contributed by atoms with Gasteiger partial charge in [-0.3, -0.25) is 9.59 Å². The van der Waals surface area contributed by atoms with Gasteiger partial charge in [0, 0.05) is 26.6 Å².